The summed E-state index contributed by atoms with van der Waals surface area (Å²) in [4.78, 5) is 24.1. The van der Waals surface area contributed by atoms with Crippen molar-refractivity contribution < 1.29 is 23.5 Å². The minimum Gasteiger partial charge on any atom is -0.480 e. The fourth-order valence-corrected chi connectivity index (χ4v) is 4.32. The molecule has 0 aliphatic heterocycles. The molecule has 2 aromatic rings. The van der Waals surface area contributed by atoms with Gasteiger partial charge in [0.2, 0.25) is 0 Å². The fourth-order valence-electron chi connectivity index (χ4n) is 4.10. The highest BCUT2D eigenvalue weighted by Crippen LogP contribution is 2.28. The van der Waals surface area contributed by atoms with E-state index in [0.717, 1.165) is 49.8 Å². The Morgan fingerprint density at radius 2 is 1.84 bits per heavy atom. The number of anilines is 1. The summed E-state index contributed by atoms with van der Waals surface area (Å²) in [5.74, 6) is -3.62. The lowest BCUT2D eigenvalue weighted by Crippen LogP contribution is -2.42. The highest BCUT2D eigenvalue weighted by molar-refractivity contribution is 6.30. The summed E-state index contributed by atoms with van der Waals surface area (Å²) in [7, 11) is 0. The number of carboxylic acids is 1. The van der Waals surface area contributed by atoms with Gasteiger partial charge in [-0.2, -0.15) is 0 Å². The number of halogens is 3. The van der Waals surface area contributed by atoms with Gasteiger partial charge in [-0.25, -0.2) is 13.6 Å². The van der Waals surface area contributed by atoms with Crippen molar-refractivity contribution in [3.8, 4) is 0 Å². The Labute approximate surface area is 191 Å². The molecular formula is C24H27ClF2N2O3. The van der Waals surface area contributed by atoms with E-state index in [0.29, 0.717) is 18.0 Å². The van der Waals surface area contributed by atoms with Gasteiger partial charge in [0.1, 0.15) is 17.7 Å². The lowest BCUT2D eigenvalue weighted by Gasteiger charge is -2.25. The number of hydrogen-bond donors (Lipinski definition) is 3. The van der Waals surface area contributed by atoms with E-state index < -0.39 is 35.1 Å². The zero-order chi connectivity index (χ0) is 23.1. The Morgan fingerprint density at radius 3 is 2.53 bits per heavy atom. The molecule has 1 aliphatic rings. The van der Waals surface area contributed by atoms with Crippen molar-refractivity contribution >= 4 is 29.2 Å². The van der Waals surface area contributed by atoms with E-state index in [-0.39, 0.29) is 18.0 Å². The fraction of sp³-hybridized carbons (Fsp3) is 0.417. The van der Waals surface area contributed by atoms with Gasteiger partial charge in [0.05, 0.1) is 11.3 Å². The second-order valence-electron chi connectivity index (χ2n) is 8.22. The molecule has 3 rings (SSSR count). The van der Waals surface area contributed by atoms with Gasteiger partial charge < -0.3 is 15.7 Å². The highest BCUT2D eigenvalue weighted by Gasteiger charge is 2.27. The molecule has 1 atom stereocenters. The van der Waals surface area contributed by atoms with Gasteiger partial charge in [-0.3, -0.25) is 4.79 Å². The van der Waals surface area contributed by atoms with Gasteiger partial charge in [-0.05, 0) is 42.5 Å². The van der Waals surface area contributed by atoms with Crippen LogP contribution in [0.5, 0.6) is 0 Å². The Bertz CT molecular complexity index is 964. The number of benzene rings is 2. The van der Waals surface area contributed by atoms with Gasteiger partial charge in [0, 0.05) is 17.6 Å². The number of rotatable bonds is 9. The van der Waals surface area contributed by atoms with Crippen LogP contribution in [0.1, 0.15) is 54.4 Å². The summed E-state index contributed by atoms with van der Waals surface area (Å²) in [6.07, 6.45) is 5.87. The summed E-state index contributed by atoms with van der Waals surface area (Å²) in [5, 5.41) is 15.2. The summed E-state index contributed by atoms with van der Waals surface area (Å²) < 4.78 is 29.1. The van der Waals surface area contributed by atoms with E-state index in [1.54, 1.807) is 12.1 Å². The number of carboxylic acid groups (broad SMARTS) is 1. The third-order valence-electron chi connectivity index (χ3n) is 5.82. The molecule has 2 aromatic carbocycles. The van der Waals surface area contributed by atoms with Gasteiger partial charge in [-0.15, -0.1) is 0 Å². The number of amides is 1. The molecule has 172 valence electrons. The van der Waals surface area contributed by atoms with Crippen LogP contribution in [0.15, 0.2) is 36.4 Å². The zero-order valence-electron chi connectivity index (χ0n) is 17.7. The smallest absolute Gasteiger partial charge is 0.326 e. The maximum Gasteiger partial charge on any atom is 0.326 e. The number of nitrogens with one attached hydrogen (secondary N) is 2. The van der Waals surface area contributed by atoms with Crippen molar-refractivity contribution in [2.24, 2.45) is 5.92 Å². The van der Waals surface area contributed by atoms with Crippen LogP contribution in [0.4, 0.5) is 14.5 Å². The van der Waals surface area contributed by atoms with Crippen LogP contribution in [-0.2, 0) is 11.2 Å². The Morgan fingerprint density at radius 1 is 1.09 bits per heavy atom. The first-order chi connectivity index (χ1) is 15.3. The minimum absolute atomic E-state index is 0.0712. The molecule has 8 heteroatoms. The molecule has 0 spiro atoms. The van der Waals surface area contributed by atoms with Gasteiger partial charge in [-0.1, -0.05) is 55.8 Å². The van der Waals surface area contributed by atoms with Crippen LogP contribution in [0.2, 0.25) is 5.02 Å². The molecule has 0 aromatic heterocycles. The number of carbonyl (C=O) groups is 2. The molecule has 1 aliphatic carbocycles. The van der Waals surface area contributed by atoms with Crippen LogP contribution in [0.3, 0.4) is 0 Å². The van der Waals surface area contributed by atoms with Crippen molar-refractivity contribution in [3.05, 3.63) is 64.2 Å². The van der Waals surface area contributed by atoms with Crippen molar-refractivity contribution in [3.63, 3.8) is 0 Å². The molecule has 0 bridgehead atoms. The first-order valence-corrected chi connectivity index (χ1v) is 11.2. The molecule has 1 unspecified atom stereocenters. The van der Waals surface area contributed by atoms with E-state index in [2.05, 4.69) is 10.6 Å². The first kappa shape index (κ1) is 24.0. The van der Waals surface area contributed by atoms with Crippen molar-refractivity contribution in [1.82, 2.24) is 5.32 Å². The normalized spacial score (nSPS) is 15.2. The average molecular weight is 465 g/mol. The van der Waals surface area contributed by atoms with Gasteiger partial charge >= 0.3 is 5.97 Å². The molecule has 5 nitrogen and oxygen atoms in total. The quantitative estimate of drug-likeness (QED) is 0.462. The summed E-state index contributed by atoms with van der Waals surface area (Å²) in [5.41, 5.74) is 0.357. The second-order valence-corrected chi connectivity index (χ2v) is 8.66. The Balaban J connectivity index is 1.62. The molecule has 1 amide bonds. The molecule has 3 N–H and O–H groups in total. The van der Waals surface area contributed by atoms with E-state index in [1.165, 1.54) is 0 Å². The van der Waals surface area contributed by atoms with E-state index in [1.807, 2.05) is 12.1 Å². The van der Waals surface area contributed by atoms with E-state index in [9.17, 15) is 23.5 Å². The summed E-state index contributed by atoms with van der Waals surface area (Å²) in [6, 6.07) is 7.81. The second kappa shape index (κ2) is 11.3. The van der Waals surface area contributed by atoms with Crippen LogP contribution in [-0.4, -0.2) is 29.6 Å². The highest BCUT2D eigenvalue weighted by atomic mass is 35.5. The Hall–Kier alpha value is -2.67. The molecule has 32 heavy (non-hydrogen) atoms. The van der Waals surface area contributed by atoms with Crippen LogP contribution >= 0.6 is 11.6 Å². The van der Waals surface area contributed by atoms with Crippen LogP contribution in [0, 0.1) is 17.6 Å². The number of hydrogen-bond acceptors (Lipinski definition) is 3. The molecule has 0 saturated heterocycles. The lowest BCUT2D eigenvalue weighted by molar-refractivity contribution is -0.139. The zero-order valence-corrected chi connectivity index (χ0v) is 18.4. The third-order valence-corrected chi connectivity index (χ3v) is 6.05. The molecule has 1 fully saturated rings. The van der Waals surface area contributed by atoms with Gasteiger partial charge in [0.25, 0.3) is 5.91 Å². The molecule has 1 saturated carbocycles. The van der Waals surface area contributed by atoms with Crippen molar-refractivity contribution in [2.45, 2.75) is 51.0 Å². The van der Waals surface area contributed by atoms with Crippen molar-refractivity contribution in [1.29, 1.82) is 0 Å². The largest absolute Gasteiger partial charge is 0.480 e. The standard InChI is InChI=1S/C24H27ClF2N2O3/c25-17-8-4-7-16(11-17)9-10-28-21-14-19(26)18(13-20(21)27)23(30)29-22(24(31)32)12-15-5-2-1-3-6-15/h4,7-8,11,13-15,22,28H,1-3,5-6,9-10,12H2,(H,29,30)(H,31,32). The summed E-state index contributed by atoms with van der Waals surface area (Å²) >= 11 is 5.94. The monoisotopic (exact) mass is 464 g/mol. The van der Waals surface area contributed by atoms with Crippen molar-refractivity contribution in [2.75, 3.05) is 11.9 Å². The first-order valence-electron chi connectivity index (χ1n) is 10.8. The number of carbonyl (C=O) groups excluding carboxylic acids is 1. The van der Waals surface area contributed by atoms with Crippen LogP contribution < -0.4 is 10.6 Å². The van der Waals surface area contributed by atoms with Gasteiger partial charge in [0.15, 0.2) is 0 Å². The third kappa shape index (κ3) is 6.66. The predicted molar refractivity (Wildman–Crippen MR) is 120 cm³/mol. The maximum absolute atomic E-state index is 14.6. The Kier molecular flexibility index (Phi) is 8.45. The van der Waals surface area contributed by atoms with Crippen LogP contribution in [0.25, 0.3) is 0 Å². The topological polar surface area (TPSA) is 78.4 Å². The molecule has 0 heterocycles. The van der Waals surface area contributed by atoms with E-state index >= 15 is 0 Å². The summed E-state index contributed by atoms with van der Waals surface area (Å²) in [6.45, 7) is 0.338. The average Bonchev–Trinajstić information content (AvgIpc) is 2.76. The molecule has 0 radical (unpaired) electrons. The predicted octanol–water partition coefficient (Wildman–Crippen LogP) is 5.43. The number of aliphatic carboxylic acids is 1. The minimum atomic E-state index is -1.18. The van der Waals surface area contributed by atoms with E-state index in [4.69, 9.17) is 11.6 Å². The lowest BCUT2D eigenvalue weighted by atomic mass is 9.85. The maximum atomic E-state index is 14.6. The SMILES string of the molecule is O=C(NC(CC1CCCCC1)C(=O)O)c1cc(F)c(NCCc2cccc(Cl)c2)cc1F. The molecular weight excluding hydrogens is 438 g/mol.